The fourth-order valence-corrected chi connectivity index (χ4v) is 1.71. The van der Waals surface area contributed by atoms with E-state index >= 15 is 0 Å². The highest BCUT2D eigenvalue weighted by molar-refractivity contribution is 5.96. The van der Waals surface area contributed by atoms with Crippen molar-refractivity contribution in [2.45, 2.75) is 6.54 Å². The van der Waals surface area contributed by atoms with Gasteiger partial charge in [-0.2, -0.15) is 0 Å². The molecule has 1 amide bonds. The topological polar surface area (TPSA) is 88.2 Å². The van der Waals surface area contributed by atoms with E-state index in [-0.39, 0.29) is 17.2 Å². The zero-order chi connectivity index (χ0) is 15.1. The first-order chi connectivity index (χ1) is 10.2. The molecule has 0 aliphatic carbocycles. The van der Waals surface area contributed by atoms with Crippen LogP contribution in [0, 0.1) is 11.8 Å². The van der Waals surface area contributed by atoms with Gasteiger partial charge in [0.25, 0.3) is 5.91 Å². The van der Waals surface area contributed by atoms with Crippen LogP contribution in [0.4, 0.5) is 0 Å². The molecule has 0 fully saturated rings. The number of hydrogen-bond acceptors (Lipinski definition) is 4. The SMILES string of the molecule is NCC#Cc1ccc(CNC(=O)c2ccncc2O)cc1. The van der Waals surface area contributed by atoms with Gasteiger partial charge in [-0.1, -0.05) is 24.0 Å². The number of aromatic hydroxyl groups is 1. The Morgan fingerprint density at radius 3 is 2.71 bits per heavy atom. The van der Waals surface area contributed by atoms with Crippen LogP contribution in [0.2, 0.25) is 0 Å². The van der Waals surface area contributed by atoms with Crippen molar-refractivity contribution in [3.63, 3.8) is 0 Å². The predicted molar refractivity (Wildman–Crippen MR) is 79.4 cm³/mol. The molecule has 0 bridgehead atoms. The highest BCUT2D eigenvalue weighted by Crippen LogP contribution is 2.13. The highest BCUT2D eigenvalue weighted by Gasteiger charge is 2.09. The lowest BCUT2D eigenvalue weighted by Gasteiger charge is -2.06. The van der Waals surface area contributed by atoms with Crippen molar-refractivity contribution >= 4 is 5.91 Å². The summed E-state index contributed by atoms with van der Waals surface area (Å²) in [5, 5.41) is 12.3. The largest absolute Gasteiger partial charge is 0.505 e. The number of rotatable bonds is 3. The number of pyridine rings is 1. The average molecular weight is 281 g/mol. The number of carbonyl (C=O) groups is 1. The number of aromatic nitrogens is 1. The van der Waals surface area contributed by atoms with Gasteiger partial charge >= 0.3 is 0 Å². The molecule has 2 rings (SSSR count). The van der Waals surface area contributed by atoms with Crippen LogP contribution >= 0.6 is 0 Å². The summed E-state index contributed by atoms with van der Waals surface area (Å²) in [4.78, 5) is 15.6. The maximum atomic E-state index is 11.9. The molecule has 5 heteroatoms. The zero-order valence-corrected chi connectivity index (χ0v) is 11.3. The number of amides is 1. The molecule has 1 heterocycles. The van der Waals surface area contributed by atoms with Gasteiger partial charge in [0.1, 0.15) is 5.75 Å². The lowest BCUT2D eigenvalue weighted by molar-refractivity contribution is 0.0948. The third-order valence-electron chi connectivity index (χ3n) is 2.79. The molecule has 0 saturated carbocycles. The molecule has 1 aromatic heterocycles. The van der Waals surface area contributed by atoms with Crippen LogP contribution in [-0.2, 0) is 6.54 Å². The summed E-state index contributed by atoms with van der Waals surface area (Å²) >= 11 is 0. The summed E-state index contributed by atoms with van der Waals surface area (Å²) in [6.45, 7) is 0.693. The van der Waals surface area contributed by atoms with Gasteiger partial charge in [-0.25, -0.2) is 0 Å². The highest BCUT2D eigenvalue weighted by atomic mass is 16.3. The molecule has 21 heavy (non-hydrogen) atoms. The van der Waals surface area contributed by atoms with E-state index in [0.29, 0.717) is 13.1 Å². The summed E-state index contributed by atoms with van der Waals surface area (Å²) in [5.41, 5.74) is 7.33. The second kappa shape index (κ2) is 7.08. The van der Waals surface area contributed by atoms with Crippen molar-refractivity contribution in [1.29, 1.82) is 0 Å². The minimum atomic E-state index is -0.345. The van der Waals surface area contributed by atoms with E-state index in [0.717, 1.165) is 11.1 Å². The minimum absolute atomic E-state index is 0.137. The Hall–Kier alpha value is -2.84. The summed E-state index contributed by atoms with van der Waals surface area (Å²) < 4.78 is 0. The fourth-order valence-electron chi connectivity index (χ4n) is 1.71. The van der Waals surface area contributed by atoms with Crippen molar-refractivity contribution in [2.75, 3.05) is 6.54 Å². The Kier molecular flexibility index (Phi) is 4.91. The van der Waals surface area contributed by atoms with Crippen LogP contribution in [0.25, 0.3) is 0 Å². The van der Waals surface area contributed by atoms with Gasteiger partial charge in [0.15, 0.2) is 0 Å². The summed E-state index contributed by atoms with van der Waals surface area (Å²) in [5.74, 6) is 5.22. The van der Waals surface area contributed by atoms with Crippen LogP contribution in [0.1, 0.15) is 21.5 Å². The van der Waals surface area contributed by atoms with Gasteiger partial charge in [-0.15, -0.1) is 0 Å². The smallest absolute Gasteiger partial charge is 0.255 e. The first-order valence-electron chi connectivity index (χ1n) is 6.40. The van der Waals surface area contributed by atoms with E-state index in [1.807, 2.05) is 24.3 Å². The molecule has 0 unspecified atom stereocenters. The Morgan fingerprint density at radius 2 is 2.05 bits per heavy atom. The van der Waals surface area contributed by atoms with Crippen molar-refractivity contribution in [3.8, 4) is 17.6 Å². The number of nitrogens with two attached hydrogens (primary N) is 1. The zero-order valence-electron chi connectivity index (χ0n) is 11.3. The van der Waals surface area contributed by atoms with Crippen LogP contribution in [0.15, 0.2) is 42.7 Å². The van der Waals surface area contributed by atoms with Crippen LogP contribution in [0.3, 0.4) is 0 Å². The molecule has 0 aliphatic rings. The fraction of sp³-hybridized carbons (Fsp3) is 0.125. The third kappa shape index (κ3) is 4.06. The van der Waals surface area contributed by atoms with Crippen molar-refractivity contribution < 1.29 is 9.90 Å². The molecule has 0 atom stereocenters. The Labute approximate surface area is 122 Å². The van der Waals surface area contributed by atoms with Gasteiger partial charge in [-0.05, 0) is 23.8 Å². The normalized spacial score (nSPS) is 9.57. The average Bonchev–Trinajstić information content (AvgIpc) is 2.52. The lowest BCUT2D eigenvalue weighted by Crippen LogP contribution is -2.22. The molecule has 0 spiro atoms. The second-order valence-corrected chi connectivity index (χ2v) is 4.28. The van der Waals surface area contributed by atoms with E-state index in [2.05, 4.69) is 22.1 Å². The van der Waals surface area contributed by atoms with Crippen molar-refractivity contribution in [2.24, 2.45) is 5.73 Å². The molecular weight excluding hydrogens is 266 g/mol. The molecule has 1 aromatic carbocycles. The molecule has 5 nitrogen and oxygen atoms in total. The van der Waals surface area contributed by atoms with E-state index in [1.54, 1.807) is 0 Å². The number of nitrogens with one attached hydrogen (secondary N) is 1. The first kappa shape index (κ1) is 14.6. The number of hydrogen-bond donors (Lipinski definition) is 3. The van der Waals surface area contributed by atoms with Gasteiger partial charge in [0.2, 0.25) is 0 Å². The molecule has 0 aliphatic heterocycles. The van der Waals surface area contributed by atoms with E-state index in [1.165, 1.54) is 18.5 Å². The van der Waals surface area contributed by atoms with E-state index in [4.69, 9.17) is 5.73 Å². The summed E-state index contributed by atoms with van der Waals surface area (Å²) in [6.07, 6.45) is 2.69. The van der Waals surface area contributed by atoms with Gasteiger partial charge in [-0.3, -0.25) is 9.78 Å². The van der Waals surface area contributed by atoms with Gasteiger partial charge < -0.3 is 16.2 Å². The number of nitrogens with zero attached hydrogens (tertiary/aromatic N) is 1. The maximum Gasteiger partial charge on any atom is 0.255 e. The quantitative estimate of drug-likeness (QED) is 0.733. The van der Waals surface area contributed by atoms with Crippen molar-refractivity contribution in [1.82, 2.24) is 10.3 Å². The third-order valence-corrected chi connectivity index (χ3v) is 2.79. The standard InChI is InChI=1S/C16H15N3O2/c17-8-1-2-12-3-5-13(6-4-12)10-19-16(21)14-7-9-18-11-15(14)20/h3-7,9,11,20H,8,10,17H2,(H,19,21). The predicted octanol–water partition coefficient (Wildman–Crippen LogP) is 1.03. The van der Waals surface area contributed by atoms with Gasteiger partial charge in [0, 0.05) is 18.3 Å². The lowest BCUT2D eigenvalue weighted by atomic mass is 10.1. The Balaban J connectivity index is 1.97. The number of carbonyl (C=O) groups excluding carboxylic acids is 1. The van der Waals surface area contributed by atoms with Crippen LogP contribution in [-0.4, -0.2) is 22.5 Å². The van der Waals surface area contributed by atoms with Gasteiger partial charge in [0.05, 0.1) is 18.3 Å². The van der Waals surface area contributed by atoms with Crippen LogP contribution < -0.4 is 11.1 Å². The van der Waals surface area contributed by atoms with Crippen molar-refractivity contribution in [3.05, 3.63) is 59.4 Å². The monoisotopic (exact) mass is 281 g/mol. The molecule has 106 valence electrons. The molecule has 4 N–H and O–H groups in total. The first-order valence-corrected chi connectivity index (χ1v) is 6.40. The molecular formula is C16H15N3O2. The number of benzene rings is 1. The Morgan fingerprint density at radius 1 is 1.29 bits per heavy atom. The molecule has 0 saturated heterocycles. The van der Waals surface area contributed by atoms with E-state index in [9.17, 15) is 9.90 Å². The minimum Gasteiger partial charge on any atom is -0.505 e. The summed E-state index contributed by atoms with van der Waals surface area (Å²) in [6, 6.07) is 8.97. The van der Waals surface area contributed by atoms with Crippen LogP contribution in [0.5, 0.6) is 5.75 Å². The Bertz CT molecular complexity index is 685. The van der Waals surface area contributed by atoms with E-state index < -0.39 is 0 Å². The molecule has 0 radical (unpaired) electrons. The second-order valence-electron chi connectivity index (χ2n) is 4.28. The molecule has 2 aromatic rings. The summed E-state index contributed by atoms with van der Waals surface area (Å²) in [7, 11) is 0. The maximum absolute atomic E-state index is 11.9.